The summed E-state index contributed by atoms with van der Waals surface area (Å²) < 4.78 is 5.41. The molecule has 4 heteroatoms. The zero-order valence-electron chi connectivity index (χ0n) is 13.0. The smallest absolute Gasteiger partial charge is 0.0950 e. The maximum atomic E-state index is 10.0. The summed E-state index contributed by atoms with van der Waals surface area (Å²) in [6.07, 6.45) is -0.332. The van der Waals surface area contributed by atoms with Gasteiger partial charge in [-0.3, -0.25) is 9.80 Å². The van der Waals surface area contributed by atoms with Crippen LogP contribution in [-0.4, -0.2) is 65.4 Å². The van der Waals surface area contributed by atoms with Crippen molar-refractivity contribution >= 4 is 0 Å². The van der Waals surface area contributed by atoms with E-state index in [2.05, 4.69) is 54.0 Å². The monoisotopic (exact) mass is 290 g/mol. The SMILES string of the molecule is CC1(C)CN(C2COCC2O)CCN1Cc1ccccc1. The van der Waals surface area contributed by atoms with Crippen molar-refractivity contribution in [3.63, 3.8) is 0 Å². The Kier molecular flexibility index (Phi) is 4.31. The first-order chi connectivity index (χ1) is 10.1. The minimum Gasteiger partial charge on any atom is -0.389 e. The second-order valence-corrected chi connectivity index (χ2v) is 6.86. The first-order valence-corrected chi connectivity index (χ1v) is 7.85. The van der Waals surface area contributed by atoms with E-state index in [1.54, 1.807) is 0 Å². The van der Waals surface area contributed by atoms with Crippen LogP contribution < -0.4 is 0 Å². The van der Waals surface area contributed by atoms with Crippen molar-refractivity contribution in [2.45, 2.75) is 38.1 Å². The van der Waals surface area contributed by atoms with Crippen LogP contribution in [0.1, 0.15) is 19.4 Å². The van der Waals surface area contributed by atoms with E-state index < -0.39 is 0 Å². The fraction of sp³-hybridized carbons (Fsp3) is 0.647. The van der Waals surface area contributed by atoms with Gasteiger partial charge in [-0.25, -0.2) is 0 Å². The minimum absolute atomic E-state index is 0.108. The summed E-state index contributed by atoms with van der Waals surface area (Å²) in [6, 6.07) is 10.8. The Balaban J connectivity index is 1.65. The summed E-state index contributed by atoms with van der Waals surface area (Å²) in [6.45, 7) is 9.74. The summed E-state index contributed by atoms with van der Waals surface area (Å²) in [4.78, 5) is 4.94. The number of piperazine rings is 1. The van der Waals surface area contributed by atoms with Gasteiger partial charge in [0.25, 0.3) is 0 Å². The average molecular weight is 290 g/mol. The molecular weight excluding hydrogens is 264 g/mol. The van der Waals surface area contributed by atoms with E-state index >= 15 is 0 Å². The molecule has 1 aromatic rings. The van der Waals surface area contributed by atoms with Crippen LogP contribution in [0.25, 0.3) is 0 Å². The van der Waals surface area contributed by atoms with E-state index in [1.165, 1.54) is 5.56 Å². The molecule has 1 aromatic carbocycles. The Morgan fingerprint density at radius 1 is 1.19 bits per heavy atom. The van der Waals surface area contributed by atoms with Crippen LogP contribution in [0.15, 0.2) is 30.3 Å². The Labute approximate surface area is 127 Å². The molecule has 2 aliphatic rings. The molecule has 0 spiro atoms. The molecule has 2 atom stereocenters. The first kappa shape index (κ1) is 15.0. The van der Waals surface area contributed by atoms with E-state index in [9.17, 15) is 5.11 Å². The van der Waals surface area contributed by atoms with Crippen LogP contribution >= 0.6 is 0 Å². The normalized spacial score (nSPS) is 30.6. The third-order valence-electron chi connectivity index (χ3n) is 4.81. The molecule has 0 aliphatic carbocycles. The number of hydrogen-bond acceptors (Lipinski definition) is 4. The van der Waals surface area contributed by atoms with Crippen molar-refractivity contribution in [3.8, 4) is 0 Å². The van der Waals surface area contributed by atoms with Crippen molar-refractivity contribution < 1.29 is 9.84 Å². The van der Waals surface area contributed by atoms with Gasteiger partial charge < -0.3 is 9.84 Å². The second-order valence-electron chi connectivity index (χ2n) is 6.86. The second kappa shape index (κ2) is 6.05. The Bertz CT molecular complexity index is 463. The lowest BCUT2D eigenvalue weighted by Crippen LogP contribution is -2.62. The summed E-state index contributed by atoms with van der Waals surface area (Å²) >= 11 is 0. The molecule has 116 valence electrons. The third kappa shape index (κ3) is 3.29. The molecule has 2 aliphatic heterocycles. The number of ether oxygens (including phenoxy) is 1. The van der Waals surface area contributed by atoms with Crippen LogP contribution in [0, 0.1) is 0 Å². The van der Waals surface area contributed by atoms with Gasteiger partial charge in [0, 0.05) is 31.7 Å². The zero-order valence-corrected chi connectivity index (χ0v) is 13.0. The molecule has 4 nitrogen and oxygen atoms in total. The number of benzene rings is 1. The van der Waals surface area contributed by atoms with Crippen LogP contribution in [-0.2, 0) is 11.3 Å². The van der Waals surface area contributed by atoms with Crippen LogP contribution in [0.4, 0.5) is 0 Å². The van der Waals surface area contributed by atoms with Gasteiger partial charge in [-0.1, -0.05) is 30.3 Å². The van der Waals surface area contributed by atoms with Crippen molar-refractivity contribution in [2.24, 2.45) is 0 Å². The molecule has 21 heavy (non-hydrogen) atoms. The van der Waals surface area contributed by atoms with Gasteiger partial charge in [0.2, 0.25) is 0 Å². The van der Waals surface area contributed by atoms with Crippen LogP contribution in [0.3, 0.4) is 0 Å². The summed E-state index contributed by atoms with van der Waals surface area (Å²) in [5, 5.41) is 10.0. The van der Waals surface area contributed by atoms with E-state index in [0.717, 1.165) is 26.2 Å². The van der Waals surface area contributed by atoms with E-state index in [1.807, 2.05) is 0 Å². The van der Waals surface area contributed by atoms with Crippen LogP contribution in [0.2, 0.25) is 0 Å². The van der Waals surface area contributed by atoms with Crippen molar-refractivity contribution in [2.75, 3.05) is 32.8 Å². The summed E-state index contributed by atoms with van der Waals surface area (Å²) in [5.74, 6) is 0. The summed E-state index contributed by atoms with van der Waals surface area (Å²) in [7, 11) is 0. The highest BCUT2D eigenvalue weighted by molar-refractivity contribution is 5.15. The molecule has 0 aromatic heterocycles. The van der Waals surface area contributed by atoms with Gasteiger partial charge in [0.15, 0.2) is 0 Å². The largest absolute Gasteiger partial charge is 0.389 e. The predicted molar refractivity (Wildman–Crippen MR) is 83.1 cm³/mol. The Morgan fingerprint density at radius 2 is 1.95 bits per heavy atom. The standard InChI is InChI=1S/C17H26N2O2/c1-17(2)13-18(15-11-21-12-16(15)20)8-9-19(17)10-14-6-4-3-5-7-14/h3-7,15-16,20H,8-13H2,1-2H3. The molecule has 0 amide bonds. The number of hydrogen-bond donors (Lipinski definition) is 1. The molecule has 0 saturated carbocycles. The summed E-state index contributed by atoms with van der Waals surface area (Å²) in [5.41, 5.74) is 1.47. The van der Waals surface area contributed by atoms with Gasteiger partial charge in [-0.15, -0.1) is 0 Å². The van der Waals surface area contributed by atoms with Crippen molar-refractivity contribution in [1.29, 1.82) is 0 Å². The Hall–Kier alpha value is -0.940. The molecule has 2 unspecified atom stereocenters. The fourth-order valence-electron chi connectivity index (χ4n) is 3.49. The van der Waals surface area contributed by atoms with E-state index in [0.29, 0.717) is 13.2 Å². The molecule has 0 radical (unpaired) electrons. The lowest BCUT2D eigenvalue weighted by Gasteiger charge is -2.49. The number of rotatable bonds is 3. The van der Waals surface area contributed by atoms with E-state index in [4.69, 9.17) is 4.74 Å². The maximum absolute atomic E-state index is 10.0. The molecule has 1 N–H and O–H groups in total. The van der Waals surface area contributed by atoms with Gasteiger partial charge in [-0.05, 0) is 19.4 Å². The topological polar surface area (TPSA) is 35.9 Å². The van der Waals surface area contributed by atoms with Crippen LogP contribution in [0.5, 0.6) is 0 Å². The van der Waals surface area contributed by atoms with Crippen molar-refractivity contribution in [1.82, 2.24) is 9.80 Å². The first-order valence-electron chi connectivity index (χ1n) is 7.85. The van der Waals surface area contributed by atoms with Crippen molar-refractivity contribution in [3.05, 3.63) is 35.9 Å². The fourth-order valence-corrected chi connectivity index (χ4v) is 3.49. The van der Waals surface area contributed by atoms with Gasteiger partial charge >= 0.3 is 0 Å². The number of nitrogens with zero attached hydrogens (tertiary/aromatic N) is 2. The van der Waals surface area contributed by atoms with Gasteiger partial charge in [-0.2, -0.15) is 0 Å². The average Bonchev–Trinajstić information content (AvgIpc) is 2.88. The number of aliphatic hydroxyl groups excluding tert-OH is 1. The third-order valence-corrected chi connectivity index (χ3v) is 4.81. The quantitative estimate of drug-likeness (QED) is 0.911. The molecule has 2 heterocycles. The molecule has 0 bridgehead atoms. The number of aliphatic hydroxyl groups is 1. The Morgan fingerprint density at radius 3 is 2.57 bits per heavy atom. The molecule has 2 fully saturated rings. The van der Waals surface area contributed by atoms with Gasteiger partial charge in [0.05, 0.1) is 25.4 Å². The highest BCUT2D eigenvalue weighted by Crippen LogP contribution is 2.26. The predicted octanol–water partition coefficient (Wildman–Crippen LogP) is 1.34. The van der Waals surface area contributed by atoms with Gasteiger partial charge in [0.1, 0.15) is 0 Å². The zero-order chi connectivity index (χ0) is 14.9. The molecule has 3 rings (SSSR count). The van der Waals surface area contributed by atoms with E-state index in [-0.39, 0.29) is 17.7 Å². The lowest BCUT2D eigenvalue weighted by atomic mass is 9.96. The lowest BCUT2D eigenvalue weighted by molar-refractivity contribution is -0.0248. The molecular formula is C17H26N2O2. The maximum Gasteiger partial charge on any atom is 0.0950 e. The minimum atomic E-state index is -0.332. The highest BCUT2D eigenvalue weighted by atomic mass is 16.5. The molecule has 2 saturated heterocycles. The highest BCUT2D eigenvalue weighted by Gasteiger charge is 2.40.